The second-order valence-corrected chi connectivity index (χ2v) is 4.92. The van der Waals surface area contributed by atoms with Gasteiger partial charge in [-0.2, -0.15) is 0 Å². The van der Waals surface area contributed by atoms with Gasteiger partial charge in [0.05, 0.1) is 0 Å². The minimum absolute atomic E-state index is 0.297. The van der Waals surface area contributed by atoms with Crippen molar-refractivity contribution in [1.82, 2.24) is 9.55 Å². The summed E-state index contributed by atoms with van der Waals surface area (Å²) < 4.78 is 1.69. The van der Waals surface area contributed by atoms with Crippen LogP contribution < -0.4 is 11.2 Å². The molecule has 0 aliphatic rings. The smallest absolute Gasteiger partial charge is 0.298 e. The van der Waals surface area contributed by atoms with E-state index in [1.165, 1.54) is 11.6 Å². The van der Waals surface area contributed by atoms with E-state index >= 15 is 0 Å². The van der Waals surface area contributed by atoms with E-state index in [1.807, 2.05) is 25.1 Å². The maximum atomic E-state index is 11.9. The Kier molecular flexibility index (Phi) is 4.93. The number of nitrogens with zero attached hydrogens (tertiary/aromatic N) is 1. The zero-order valence-corrected chi connectivity index (χ0v) is 11.8. The average Bonchev–Trinajstić information content (AvgIpc) is 2.43. The van der Waals surface area contributed by atoms with Gasteiger partial charge in [0.25, 0.3) is 5.56 Å². The molecular weight excluding hydrogens is 252 g/mol. The van der Waals surface area contributed by atoms with Gasteiger partial charge in [-0.25, -0.2) is 4.79 Å². The minimum atomic E-state index is -0.308. The maximum Gasteiger partial charge on any atom is 0.328 e. The summed E-state index contributed by atoms with van der Waals surface area (Å²) in [6.45, 7) is 2.68. The van der Waals surface area contributed by atoms with Crippen molar-refractivity contribution in [2.75, 3.05) is 0 Å². The lowest BCUT2D eigenvalue weighted by Gasteiger charge is -2.11. The molecule has 4 nitrogen and oxygen atoms in total. The third kappa shape index (κ3) is 3.70. The van der Waals surface area contributed by atoms with E-state index in [-0.39, 0.29) is 11.2 Å². The van der Waals surface area contributed by atoms with Crippen molar-refractivity contribution in [2.24, 2.45) is 0 Å². The molecule has 0 bridgehead atoms. The van der Waals surface area contributed by atoms with Crippen LogP contribution in [0.2, 0.25) is 0 Å². The van der Waals surface area contributed by atoms with E-state index in [0.29, 0.717) is 6.54 Å². The lowest BCUT2D eigenvalue weighted by atomic mass is 10.1. The summed E-state index contributed by atoms with van der Waals surface area (Å²) in [7, 11) is 0. The summed E-state index contributed by atoms with van der Waals surface area (Å²) in [6.07, 6.45) is 3.48. The third-order valence-corrected chi connectivity index (χ3v) is 3.32. The first kappa shape index (κ1) is 14.3. The quantitative estimate of drug-likeness (QED) is 0.875. The maximum absolute atomic E-state index is 11.9. The number of hydrogen-bond donors (Lipinski definition) is 1. The average molecular weight is 272 g/mol. The Balaban J connectivity index is 2.09. The summed E-state index contributed by atoms with van der Waals surface area (Å²) in [6, 6.07) is 11.7. The molecule has 1 heterocycles. The van der Waals surface area contributed by atoms with Gasteiger partial charge in [0, 0.05) is 18.3 Å². The first-order valence-corrected chi connectivity index (χ1v) is 7.07. The molecule has 20 heavy (non-hydrogen) atoms. The van der Waals surface area contributed by atoms with E-state index in [1.54, 1.807) is 4.57 Å². The fourth-order valence-electron chi connectivity index (χ4n) is 2.36. The molecule has 0 radical (unpaired) electrons. The number of rotatable bonds is 6. The molecule has 0 amide bonds. The summed E-state index contributed by atoms with van der Waals surface area (Å²) in [4.78, 5) is 25.6. The number of H-pyrrole nitrogens is 1. The van der Waals surface area contributed by atoms with E-state index in [9.17, 15) is 9.59 Å². The second kappa shape index (κ2) is 6.89. The highest BCUT2D eigenvalue weighted by molar-refractivity contribution is 5.14. The van der Waals surface area contributed by atoms with Gasteiger partial charge >= 0.3 is 5.69 Å². The van der Waals surface area contributed by atoms with Crippen molar-refractivity contribution in [3.05, 3.63) is 68.5 Å². The van der Waals surface area contributed by atoms with Crippen molar-refractivity contribution in [3.8, 4) is 0 Å². The molecule has 0 fully saturated rings. The zero-order valence-electron chi connectivity index (χ0n) is 11.8. The van der Waals surface area contributed by atoms with Crippen LogP contribution in [0.1, 0.15) is 31.0 Å². The molecular formula is C16H20N2O2. The first-order chi connectivity index (χ1) is 9.70. The van der Waals surface area contributed by atoms with Crippen molar-refractivity contribution in [3.63, 3.8) is 0 Å². The van der Waals surface area contributed by atoms with Gasteiger partial charge < -0.3 is 0 Å². The molecule has 1 aromatic carbocycles. The van der Waals surface area contributed by atoms with Crippen LogP contribution in [-0.2, 0) is 19.4 Å². The van der Waals surface area contributed by atoms with Crippen LogP contribution in [0.5, 0.6) is 0 Å². The van der Waals surface area contributed by atoms with Gasteiger partial charge in [-0.15, -0.1) is 0 Å². The molecule has 0 unspecified atom stereocenters. The topological polar surface area (TPSA) is 54.9 Å². The molecule has 0 aliphatic heterocycles. The van der Waals surface area contributed by atoms with Gasteiger partial charge in [-0.3, -0.25) is 14.3 Å². The summed E-state index contributed by atoms with van der Waals surface area (Å²) in [5, 5.41) is 0. The lowest BCUT2D eigenvalue weighted by molar-refractivity contribution is 0.572. The number of aromatic nitrogens is 2. The van der Waals surface area contributed by atoms with Crippen LogP contribution in [0.4, 0.5) is 0 Å². The fourth-order valence-corrected chi connectivity index (χ4v) is 2.36. The molecule has 2 aromatic rings. The normalized spacial score (nSPS) is 10.7. The van der Waals surface area contributed by atoms with Crippen LogP contribution in [0.25, 0.3) is 0 Å². The number of hydrogen-bond acceptors (Lipinski definition) is 2. The molecule has 4 heteroatoms. The van der Waals surface area contributed by atoms with Crippen LogP contribution in [0.15, 0.2) is 46.0 Å². The SMILES string of the molecule is CCCc1cc(=O)[nH]c(=O)n1CCCc1ccccc1. The third-order valence-electron chi connectivity index (χ3n) is 3.32. The molecule has 0 spiro atoms. The summed E-state index contributed by atoms with van der Waals surface area (Å²) in [5.41, 5.74) is 1.49. The Hall–Kier alpha value is -2.10. The highest BCUT2D eigenvalue weighted by atomic mass is 16.2. The number of aryl methyl sites for hydroxylation is 2. The van der Waals surface area contributed by atoms with Gasteiger partial charge in [0.2, 0.25) is 0 Å². The Morgan fingerprint density at radius 2 is 1.85 bits per heavy atom. The molecule has 0 aliphatic carbocycles. The summed E-state index contributed by atoms with van der Waals surface area (Å²) in [5.74, 6) is 0. The highest BCUT2D eigenvalue weighted by Gasteiger charge is 2.05. The molecule has 0 saturated carbocycles. The first-order valence-electron chi connectivity index (χ1n) is 7.07. The number of nitrogens with one attached hydrogen (secondary N) is 1. The van der Waals surface area contributed by atoms with Crippen molar-refractivity contribution < 1.29 is 0 Å². The van der Waals surface area contributed by atoms with E-state index < -0.39 is 0 Å². The molecule has 106 valence electrons. The van der Waals surface area contributed by atoms with Gasteiger partial charge in [-0.05, 0) is 24.8 Å². The van der Waals surface area contributed by atoms with Crippen molar-refractivity contribution >= 4 is 0 Å². The van der Waals surface area contributed by atoms with Crippen LogP contribution in [-0.4, -0.2) is 9.55 Å². The molecule has 0 saturated heterocycles. The largest absolute Gasteiger partial charge is 0.328 e. The highest BCUT2D eigenvalue weighted by Crippen LogP contribution is 2.05. The van der Waals surface area contributed by atoms with E-state index in [2.05, 4.69) is 17.1 Å². The lowest BCUT2D eigenvalue weighted by Crippen LogP contribution is -2.32. The molecule has 0 atom stereocenters. The minimum Gasteiger partial charge on any atom is -0.298 e. The van der Waals surface area contributed by atoms with Crippen LogP contribution in [0, 0.1) is 0 Å². The summed E-state index contributed by atoms with van der Waals surface area (Å²) >= 11 is 0. The Morgan fingerprint density at radius 1 is 1.10 bits per heavy atom. The predicted octanol–water partition coefficient (Wildman–Crippen LogP) is 2.12. The monoisotopic (exact) mass is 272 g/mol. The zero-order chi connectivity index (χ0) is 14.4. The molecule has 1 aromatic heterocycles. The van der Waals surface area contributed by atoms with Crippen LogP contribution >= 0.6 is 0 Å². The number of benzene rings is 1. The second-order valence-electron chi connectivity index (χ2n) is 4.92. The van der Waals surface area contributed by atoms with Gasteiger partial charge in [-0.1, -0.05) is 43.7 Å². The van der Waals surface area contributed by atoms with Crippen molar-refractivity contribution in [2.45, 2.75) is 39.2 Å². The van der Waals surface area contributed by atoms with E-state index in [0.717, 1.165) is 31.4 Å². The standard InChI is InChI=1S/C16H20N2O2/c1-2-7-14-12-15(19)17-16(20)18(14)11-6-10-13-8-4-3-5-9-13/h3-5,8-9,12H,2,6-7,10-11H2,1H3,(H,17,19,20). The Morgan fingerprint density at radius 3 is 2.55 bits per heavy atom. The van der Waals surface area contributed by atoms with E-state index in [4.69, 9.17) is 0 Å². The number of aromatic amines is 1. The van der Waals surface area contributed by atoms with Gasteiger partial charge in [0.15, 0.2) is 0 Å². The Labute approximate surface area is 118 Å². The van der Waals surface area contributed by atoms with Gasteiger partial charge in [0.1, 0.15) is 0 Å². The van der Waals surface area contributed by atoms with Crippen LogP contribution in [0.3, 0.4) is 0 Å². The predicted molar refractivity (Wildman–Crippen MR) is 80.1 cm³/mol. The Bertz CT molecular complexity index is 656. The fraction of sp³-hybridized carbons (Fsp3) is 0.375. The molecule has 1 N–H and O–H groups in total. The molecule has 2 rings (SSSR count). The van der Waals surface area contributed by atoms with Crippen molar-refractivity contribution in [1.29, 1.82) is 0 Å².